The van der Waals surface area contributed by atoms with Crippen molar-refractivity contribution in [1.29, 1.82) is 0 Å². The number of anilines is 1. The van der Waals surface area contributed by atoms with Gasteiger partial charge in [0.25, 0.3) is 0 Å². The largest absolute Gasteiger partial charge is 0.438 e. The number of amides is 3. The fourth-order valence-electron chi connectivity index (χ4n) is 4.16. The molecule has 1 saturated heterocycles. The van der Waals surface area contributed by atoms with Crippen LogP contribution in [0.1, 0.15) is 43.1 Å². The molecule has 1 heterocycles. The third-order valence-corrected chi connectivity index (χ3v) is 6.28. The molecule has 7 nitrogen and oxygen atoms in total. The Bertz CT molecular complexity index is 1180. The minimum Gasteiger partial charge on any atom is -0.438 e. The van der Waals surface area contributed by atoms with Gasteiger partial charge in [-0.05, 0) is 42.2 Å². The number of benzene rings is 3. The van der Waals surface area contributed by atoms with E-state index in [2.05, 4.69) is 10.6 Å². The second-order valence-corrected chi connectivity index (χ2v) is 9.01. The Labute approximate surface area is 211 Å². The topological polar surface area (TPSA) is 87.7 Å². The van der Waals surface area contributed by atoms with Crippen molar-refractivity contribution in [3.63, 3.8) is 0 Å². The van der Waals surface area contributed by atoms with Crippen molar-refractivity contribution in [2.75, 3.05) is 5.32 Å². The average Bonchev–Trinajstić information content (AvgIpc) is 3.21. The van der Waals surface area contributed by atoms with Crippen molar-refractivity contribution in [2.45, 2.75) is 51.4 Å². The highest BCUT2D eigenvalue weighted by Crippen LogP contribution is 2.34. The lowest BCUT2D eigenvalue weighted by Crippen LogP contribution is -2.48. The molecular weight excluding hydrogens is 454 g/mol. The number of nitrogens with one attached hydrogen (secondary N) is 2. The molecule has 0 radical (unpaired) electrons. The van der Waals surface area contributed by atoms with Crippen molar-refractivity contribution >= 4 is 23.6 Å². The van der Waals surface area contributed by atoms with E-state index in [-0.39, 0.29) is 30.8 Å². The molecule has 2 N–H and O–H groups in total. The zero-order chi connectivity index (χ0) is 25.5. The molecule has 0 unspecified atom stereocenters. The molecule has 1 aliphatic heterocycles. The summed E-state index contributed by atoms with van der Waals surface area (Å²) in [6.45, 7) is 4.19. The van der Waals surface area contributed by atoms with Gasteiger partial charge < -0.3 is 15.4 Å². The molecule has 0 saturated carbocycles. The van der Waals surface area contributed by atoms with Gasteiger partial charge >= 0.3 is 6.09 Å². The summed E-state index contributed by atoms with van der Waals surface area (Å²) in [5.41, 5.74) is 3.15. The number of cyclic esters (lactones) is 1. The second kappa shape index (κ2) is 11.5. The third-order valence-electron chi connectivity index (χ3n) is 6.28. The Hall–Kier alpha value is -4.13. The van der Waals surface area contributed by atoms with Gasteiger partial charge in [-0.3, -0.25) is 14.5 Å². The van der Waals surface area contributed by atoms with Crippen LogP contribution in [0.3, 0.4) is 0 Å². The fraction of sp³-hybridized carbons (Fsp3) is 0.276. The molecule has 36 heavy (non-hydrogen) atoms. The molecule has 3 aromatic carbocycles. The standard InChI is InChI=1S/C29H31N3O4/c1-3-20(2)30-28(34)26-27(36-29(35)32(26)19-22-12-8-5-9-13-22)23-14-16-24(17-15-23)31-25(33)18-21-10-6-4-7-11-21/h4-17,20,26-27H,3,18-19H2,1-2H3,(H,30,34)(H,31,33)/t20-,26+,27+/m0/s1. The average molecular weight is 486 g/mol. The van der Waals surface area contributed by atoms with Gasteiger partial charge in [-0.15, -0.1) is 0 Å². The van der Waals surface area contributed by atoms with Crippen LogP contribution in [0.5, 0.6) is 0 Å². The number of nitrogens with zero attached hydrogens (tertiary/aromatic N) is 1. The predicted octanol–water partition coefficient (Wildman–Crippen LogP) is 4.84. The van der Waals surface area contributed by atoms with Crippen LogP contribution < -0.4 is 10.6 Å². The summed E-state index contributed by atoms with van der Waals surface area (Å²) in [5.74, 6) is -0.377. The molecular formula is C29H31N3O4. The molecule has 1 fully saturated rings. The van der Waals surface area contributed by atoms with Gasteiger partial charge in [0, 0.05) is 11.7 Å². The maximum Gasteiger partial charge on any atom is 0.411 e. The third kappa shape index (κ3) is 6.10. The minimum absolute atomic E-state index is 0.0327. The van der Waals surface area contributed by atoms with Crippen LogP contribution in [-0.4, -0.2) is 34.9 Å². The highest BCUT2D eigenvalue weighted by molar-refractivity contribution is 5.92. The van der Waals surface area contributed by atoms with E-state index in [4.69, 9.17) is 4.74 Å². The number of hydrogen-bond acceptors (Lipinski definition) is 4. The molecule has 3 amide bonds. The lowest BCUT2D eigenvalue weighted by atomic mass is 10.00. The first-order valence-electron chi connectivity index (χ1n) is 12.2. The lowest BCUT2D eigenvalue weighted by molar-refractivity contribution is -0.127. The Balaban J connectivity index is 1.51. The first-order valence-corrected chi connectivity index (χ1v) is 12.2. The van der Waals surface area contributed by atoms with Gasteiger partial charge in [0.1, 0.15) is 0 Å². The predicted molar refractivity (Wildman–Crippen MR) is 138 cm³/mol. The quantitative estimate of drug-likeness (QED) is 0.454. The van der Waals surface area contributed by atoms with E-state index in [0.717, 1.165) is 17.5 Å². The minimum atomic E-state index is -0.815. The monoisotopic (exact) mass is 485 g/mol. The summed E-state index contributed by atoms with van der Waals surface area (Å²) in [6.07, 6.45) is -0.254. The van der Waals surface area contributed by atoms with Gasteiger partial charge in [-0.2, -0.15) is 0 Å². The molecule has 4 rings (SSSR count). The van der Waals surface area contributed by atoms with Gasteiger partial charge in [0.05, 0.1) is 13.0 Å². The summed E-state index contributed by atoms with van der Waals surface area (Å²) in [6, 6.07) is 25.3. The number of carbonyl (C=O) groups is 3. The molecule has 3 aromatic rings. The number of carbonyl (C=O) groups excluding carboxylic acids is 3. The molecule has 7 heteroatoms. The number of ether oxygens (including phenoxy) is 1. The first kappa shape index (κ1) is 25.0. The van der Waals surface area contributed by atoms with E-state index in [0.29, 0.717) is 11.3 Å². The SMILES string of the molecule is CC[C@H](C)NC(=O)[C@H]1[C@@H](c2ccc(NC(=O)Cc3ccccc3)cc2)OC(=O)N1Cc1ccccc1. The fourth-order valence-corrected chi connectivity index (χ4v) is 4.16. The Morgan fingerprint density at radius 1 is 0.917 bits per heavy atom. The maximum absolute atomic E-state index is 13.3. The highest BCUT2D eigenvalue weighted by atomic mass is 16.6. The first-order chi connectivity index (χ1) is 17.4. The highest BCUT2D eigenvalue weighted by Gasteiger charge is 2.47. The summed E-state index contributed by atoms with van der Waals surface area (Å²) < 4.78 is 5.72. The molecule has 3 atom stereocenters. The van der Waals surface area contributed by atoms with Crippen molar-refractivity contribution in [2.24, 2.45) is 0 Å². The molecule has 1 aliphatic rings. The lowest BCUT2D eigenvalue weighted by Gasteiger charge is -2.25. The summed E-state index contributed by atoms with van der Waals surface area (Å²) >= 11 is 0. The Kier molecular flexibility index (Phi) is 8.00. The number of hydrogen-bond donors (Lipinski definition) is 2. The second-order valence-electron chi connectivity index (χ2n) is 9.01. The summed E-state index contributed by atoms with van der Waals surface area (Å²) in [4.78, 5) is 40.1. The smallest absolute Gasteiger partial charge is 0.411 e. The molecule has 0 aliphatic carbocycles. The summed E-state index contributed by atoms with van der Waals surface area (Å²) in [5, 5.41) is 5.89. The van der Waals surface area contributed by atoms with E-state index in [1.54, 1.807) is 24.3 Å². The van der Waals surface area contributed by atoms with Crippen LogP contribution in [0.2, 0.25) is 0 Å². The van der Waals surface area contributed by atoms with E-state index in [1.807, 2.05) is 74.5 Å². The van der Waals surface area contributed by atoms with Crippen molar-refractivity contribution in [3.05, 3.63) is 102 Å². The molecule has 186 valence electrons. The van der Waals surface area contributed by atoms with Gasteiger partial charge in [0.2, 0.25) is 11.8 Å². The Morgan fingerprint density at radius 3 is 2.14 bits per heavy atom. The molecule has 0 aromatic heterocycles. The van der Waals surface area contributed by atoms with Crippen molar-refractivity contribution in [3.8, 4) is 0 Å². The van der Waals surface area contributed by atoms with Gasteiger partial charge in [0.15, 0.2) is 12.1 Å². The van der Waals surface area contributed by atoms with E-state index in [1.165, 1.54) is 4.90 Å². The van der Waals surface area contributed by atoms with Crippen LogP contribution in [-0.2, 0) is 27.3 Å². The van der Waals surface area contributed by atoms with Crippen LogP contribution in [0.15, 0.2) is 84.9 Å². The summed E-state index contributed by atoms with van der Waals surface area (Å²) in [7, 11) is 0. The van der Waals surface area contributed by atoms with E-state index in [9.17, 15) is 14.4 Å². The van der Waals surface area contributed by atoms with Crippen LogP contribution in [0.25, 0.3) is 0 Å². The molecule has 0 spiro atoms. The Morgan fingerprint density at radius 2 is 1.53 bits per heavy atom. The van der Waals surface area contributed by atoms with E-state index < -0.39 is 18.2 Å². The number of rotatable bonds is 9. The van der Waals surface area contributed by atoms with Crippen LogP contribution >= 0.6 is 0 Å². The zero-order valence-electron chi connectivity index (χ0n) is 20.5. The van der Waals surface area contributed by atoms with Crippen LogP contribution in [0, 0.1) is 0 Å². The normalized spacial score (nSPS) is 17.8. The van der Waals surface area contributed by atoms with Gasteiger partial charge in [-0.1, -0.05) is 79.7 Å². The van der Waals surface area contributed by atoms with Gasteiger partial charge in [-0.25, -0.2) is 4.79 Å². The zero-order valence-corrected chi connectivity index (χ0v) is 20.5. The van der Waals surface area contributed by atoms with Crippen molar-refractivity contribution in [1.82, 2.24) is 10.2 Å². The van der Waals surface area contributed by atoms with E-state index >= 15 is 0 Å². The van der Waals surface area contributed by atoms with Crippen molar-refractivity contribution < 1.29 is 19.1 Å². The van der Waals surface area contributed by atoms with Crippen LogP contribution in [0.4, 0.5) is 10.5 Å². The molecule has 0 bridgehead atoms. The maximum atomic E-state index is 13.3.